The zero-order valence-electron chi connectivity index (χ0n) is 15.9. The number of carbonyl (C=O) groups excluding carboxylic acids is 2. The third-order valence-electron chi connectivity index (χ3n) is 5.73. The second kappa shape index (κ2) is 7.75. The summed E-state index contributed by atoms with van der Waals surface area (Å²) in [6.45, 7) is 3.76. The molecule has 0 radical (unpaired) electrons. The van der Waals surface area contributed by atoms with Gasteiger partial charge in [-0.05, 0) is 44.4 Å². The van der Waals surface area contributed by atoms with Gasteiger partial charge in [0.05, 0.1) is 23.6 Å². The van der Waals surface area contributed by atoms with Gasteiger partial charge >= 0.3 is 0 Å². The number of likely N-dealkylation sites (tertiary alicyclic amines) is 1. The molecule has 0 bridgehead atoms. The Morgan fingerprint density at radius 1 is 1.14 bits per heavy atom. The zero-order chi connectivity index (χ0) is 19.7. The number of furan rings is 1. The van der Waals surface area contributed by atoms with Crippen LogP contribution in [0.4, 0.5) is 10.1 Å². The molecule has 1 N–H and O–H groups in total. The van der Waals surface area contributed by atoms with Crippen molar-refractivity contribution in [2.45, 2.75) is 38.3 Å². The number of hydrogen-bond donors (Lipinski definition) is 1. The Labute approximate surface area is 163 Å². The van der Waals surface area contributed by atoms with Crippen LogP contribution in [0.2, 0.25) is 0 Å². The minimum absolute atomic E-state index is 0.0402. The average Bonchev–Trinajstić information content (AvgIpc) is 3.29. The number of benzene rings is 1. The molecule has 7 heteroatoms. The normalized spacial score (nSPS) is 21.3. The van der Waals surface area contributed by atoms with Crippen LogP contribution in [0.5, 0.6) is 0 Å². The minimum atomic E-state index is -0.368. The maximum absolute atomic E-state index is 14.0. The largest absolute Gasteiger partial charge is 0.469 e. The Bertz CT molecular complexity index is 873. The number of rotatable bonds is 4. The molecule has 2 aromatic rings. The van der Waals surface area contributed by atoms with E-state index in [1.165, 1.54) is 12.3 Å². The average molecular weight is 385 g/mol. The number of halogens is 1. The van der Waals surface area contributed by atoms with Gasteiger partial charge in [-0.2, -0.15) is 0 Å². The standard InChI is InChI=1S/C21H24FN3O3/c1-14-16(9-13-28-14)20(26)23-15-6-10-24(11-7-15)19-8-12-25(21(19)27)18-5-3-2-4-17(18)22/h2-5,9,13,15,19H,6-8,10-12H2,1H3,(H,23,26). The maximum atomic E-state index is 14.0. The lowest BCUT2D eigenvalue weighted by Crippen LogP contribution is -2.50. The highest BCUT2D eigenvalue weighted by atomic mass is 19.1. The van der Waals surface area contributed by atoms with Crippen molar-refractivity contribution in [2.75, 3.05) is 24.5 Å². The first-order chi connectivity index (χ1) is 13.5. The molecule has 2 aliphatic rings. The fourth-order valence-electron chi connectivity index (χ4n) is 4.15. The lowest BCUT2D eigenvalue weighted by Gasteiger charge is -2.35. The quantitative estimate of drug-likeness (QED) is 0.879. The van der Waals surface area contributed by atoms with Crippen LogP contribution in [0.25, 0.3) is 0 Å². The van der Waals surface area contributed by atoms with E-state index in [4.69, 9.17) is 4.42 Å². The van der Waals surface area contributed by atoms with Crippen LogP contribution in [-0.2, 0) is 4.79 Å². The van der Waals surface area contributed by atoms with E-state index in [-0.39, 0.29) is 29.7 Å². The molecule has 2 saturated heterocycles. The summed E-state index contributed by atoms with van der Waals surface area (Å²) < 4.78 is 19.2. The van der Waals surface area contributed by atoms with E-state index in [9.17, 15) is 14.0 Å². The Kier molecular flexibility index (Phi) is 5.17. The molecule has 1 aromatic heterocycles. The van der Waals surface area contributed by atoms with Crippen molar-refractivity contribution in [1.29, 1.82) is 0 Å². The van der Waals surface area contributed by atoms with E-state index in [1.807, 2.05) is 0 Å². The Morgan fingerprint density at radius 3 is 2.57 bits per heavy atom. The predicted molar refractivity (Wildman–Crippen MR) is 103 cm³/mol. The molecule has 28 heavy (non-hydrogen) atoms. The first kappa shape index (κ1) is 18.7. The molecule has 3 heterocycles. The van der Waals surface area contributed by atoms with Crippen LogP contribution in [0.15, 0.2) is 41.0 Å². The van der Waals surface area contributed by atoms with Crippen molar-refractivity contribution in [2.24, 2.45) is 0 Å². The zero-order valence-corrected chi connectivity index (χ0v) is 15.9. The molecule has 2 fully saturated rings. The van der Waals surface area contributed by atoms with Gasteiger partial charge in [0, 0.05) is 25.7 Å². The Morgan fingerprint density at radius 2 is 1.89 bits per heavy atom. The summed E-state index contributed by atoms with van der Waals surface area (Å²) in [5.41, 5.74) is 0.918. The lowest BCUT2D eigenvalue weighted by molar-refractivity contribution is -0.122. The van der Waals surface area contributed by atoms with Crippen LogP contribution in [-0.4, -0.2) is 48.4 Å². The van der Waals surface area contributed by atoms with Gasteiger partial charge in [-0.25, -0.2) is 4.39 Å². The molecule has 2 amide bonds. The number of anilines is 1. The van der Waals surface area contributed by atoms with E-state index >= 15 is 0 Å². The van der Waals surface area contributed by atoms with Gasteiger partial charge in [-0.15, -0.1) is 0 Å². The molecule has 1 unspecified atom stereocenters. The van der Waals surface area contributed by atoms with Crippen molar-refractivity contribution in [3.63, 3.8) is 0 Å². The van der Waals surface area contributed by atoms with Gasteiger partial charge in [0.2, 0.25) is 5.91 Å². The first-order valence-electron chi connectivity index (χ1n) is 9.69. The van der Waals surface area contributed by atoms with Crippen LogP contribution in [0, 0.1) is 12.7 Å². The highest BCUT2D eigenvalue weighted by Crippen LogP contribution is 2.28. The number of hydrogen-bond acceptors (Lipinski definition) is 4. The van der Waals surface area contributed by atoms with Crippen molar-refractivity contribution >= 4 is 17.5 Å². The molecule has 0 aliphatic carbocycles. The molecule has 1 aromatic carbocycles. The number of para-hydroxylation sites is 1. The number of nitrogens with one attached hydrogen (secondary N) is 1. The molecule has 0 spiro atoms. The van der Waals surface area contributed by atoms with Gasteiger partial charge in [-0.3, -0.25) is 14.5 Å². The van der Waals surface area contributed by atoms with E-state index in [1.54, 1.807) is 36.1 Å². The van der Waals surface area contributed by atoms with E-state index < -0.39 is 0 Å². The third kappa shape index (κ3) is 3.54. The monoisotopic (exact) mass is 385 g/mol. The van der Waals surface area contributed by atoms with Gasteiger partial charge in [0.1, 0.15) is 11.6 Å². The van der Waals surface area contributed by atoms with E-state index in [2.05, 4.69) is 10.2 Å². The first-order valence-corrected chi connectivity index (χ1v) is 9.69. The summed E-state index contributed by atoms with van der Waals surface area (Å²) in [5, 5.41) is 3.06. The summed E-state index contributed by atoms with van der Waals surface area (Å²) in [7, 11) is 0. The maximum Gasteiger partial charge on any atom is 0.255 e. The van der Waals surface area contributed by atoms with Crippen molar-refractivity contribution in [3.05, 3.63) is 53.7 Å². The van der Waals surface area contributed by atoms with Gasteiger partial charge in [-0.1, -0.05) is 12.1 Å². The predicted octanol–water partition coefficient (Wildman–Crippen LogP) is 2.73. The van der Waals surface area contributed by atoms with E-state index in [0.717, 1.165) is 25.9 Å². The molecule has 1 atom stereocenters. The number of carbonyl (C=O) groups is 2. The van der Waals surface area contributed by atoms with Crippen molar-refractivity contribution in [1.82, 2.24) is 10.2 Å². The smallest absolute Gasteiger partial charge is 0.255 e. The second-order valence-electron chi connectivity index (χ2n) is 7.42. The van der Waals surface area contributed by atoms with Crippen LogP contribution >= 0.6 is 0 Å². The highest BCUT2D eigenvalue weighted by molar-refractivity contribution is 5.99. The molecule has 2 aliphatic heterocycles. The summed E-state index contributed by atoms with van der Waals surface area (Å²) in [4.78, 5) is 28.9. The molecule has 6 nitrogen and oxygen atoms in total. The lowest BCUT2D eigenvalue weighted by atomic mass is 10.0. The molecular weight excluding hydrogens is 361 g/mol. The highest BCUT2D eigenvalue weighted by Gasteiger charge is 2.38. The van der Waals surface area contributed by atoms with Crippen LogP contribution in [0.3, 0.4) is 0 Å². The SMILES string of the molecule is Cc1occc1C(=O)NC1CCN(C2CCN(c3ccccc3F)C2=O)CC1. The summed E-state index contributed by atoms with van der Waals surface area (Å²) in [6.07, 6.45) is 3.77. The van der Waals surface area contributed by atoms with Crippen molar-refractivity contribution in [3.8, 4) is 0 Å². The van der Waals surface area contributed by atoms with Crippen molar-refractivity contribution < 1.29 is 18.4 Å². The number of piperidine rings is 1. The Hall–Kier alpha value is -2.67. The summed E-state index contributed by atoms with van der Waals surface area (Å²) >= 11 is 0. The van der Waals surface area contributed by atoms with E-state index in [0.29, 0.717) is 30.0 Å². The third-order valence-corrected chi connectivity index (χ3v) is 5.73. The van der Waals surface area contributed by atoms with Gasteiger partial charge < -0.3 is 14.6 Å². The molecular formula is C21H24FN3O3. The molecule has 148 valence electrons. The second-order valence-corrected chi connectivity index (χ2v) is 7.42. The van der Waals surface area contributed by atoms with Gasteiger partial charge in [0.25, 0.3) is 5.91 Å². The summed E-state index contributed by atoms with van der Waals surface area (Å²) in [6, 6.07) is 7.94. The van der Waals surface area contributed by atoms with Crippen LogP contribution < -0.4 is 10.2 Å². The number of amides is 2. The fraction of sp³-hybridized carbons (Fsp3) is 0.429. The number of nitrogens with zero attached hydrogens (tertiary/aromatic N) is 2. The molecule has 4 rings (SSSR count). The minimum Gasteiger partial charge on any atom is -0.469 e. The summed E-state index contributed by atoms with van der Waals surface area (Å²) in [5.74, 6) is 0.0844. The molecule has 0 saturated carbocycles. The van der Waals surface area contributed by atoms with Crippen LogP contribution in [0.1, 0.15) is 35.4 Å². The topological polar surface area (TPSA) is 65.8 Å². The fourth-order valence-corrected chi connectivity index (χ4v) is 4.15. The van der Waals surface area contributed by atoms with Gasteiger partial charge in [0.15, 0.2) is 0 Å². The Balaban J connectivity index is 1.33. The number of aryl methyl sites for hydroxylation is 1.